The van der Waals surface area contributed by atoms with Gasteiger partial charge in [0, 0.05) is 10.1 Å². The van der Waals surface area contributed by atoms with Gasteiger partial charge < -0.3 is 14.8 Å². The fraction of sp³-hybridized carbons (Fsp3) is 0.120. The summed E-state index contributed by atoms with van der Waals surface area (Å²) in [4.78, 5) is 12.5. The smallest absolute Gasteiger partial charge is 0.262 e. The number of halogens is 3. The average molecular weight is 729 g/mol. The predicted molar refractivity (Wildman–Crippen MR) is 149 cm³/mol. The van der Waals surface area contributed by atoms with Gasteiger partial charge in [0.1, 0.15) is 29.7 Å². The largest absolute Gasteiger partial charge is 0.497 e. The molecule has 3 rings (SSSR count). The van der Waals surface area contributed by atoms with Crippen LogP contribution in [0.4, 0.5) is 0 Å². The highest BCUT2D eigenvalue weighted by molar-refractivity contribution is 14.1. The second kappa shape index (κ2) is 12.4. The first-order chi connectivity index (χ1) is 15.9. The third-order valence-corrected chi connectivity index (χ3v) is 6.71. The lowest BCUT2D eigenvalue weighted by Crippen LogP contribution is -2.23. The van der Waals surface area contributed by atoms with Crippen molar-refractivity contribution < 1.29 is 14.3 Å². The van der Waals surface area contributed by atoms with Gasteiger partial charge in [-0.05, 0) is 120 Å². The van der Waals surface area contributed by atoms with E-state index in [0.717, 1.165) is 30.5 Å². The molecule has 5 nitrogen and oxygen atoms in total. The van der Waals surface area contributed by atoms with Crippen LogP contribution in [0.2, 0.25) is 0 Å². The van der Waals surface area contributed by atoms with Crippen LogP contribution in [0.1, 0.15) is 16.7 Å². The summed E-state index contributed by atoms with van der Waals surface area (Å²) in [6.07, 6.45) is 1.57. The van der Waals surface area contributed by atoms with Gasteiger partial charge in [0.05, 0.1) is 15.2 Å². The van der Waals surface area contributed by atoms with E-state index in [2.05, 4.69) is 66.4 Å². The van der Waals surface area contributed by atoms with Crippen molar-refractivity contribution in [2.75, 3.05) is 7.11 Å². The quantitative estimate of drug-likeness (QED) is 0.164. The number of carbonyl (C=O) groups excluding carboxylic acids is 1. The summed E-state index contributed by atoms with van der Waals surface area (Å²) in [6.45, 7) is 0.756. The molecule has 3 aromatic rings. The van der Waals surface area contributed by atoms with Crippen molar-refractivity contribution in [3.63, 3.8) is 0 Å². The fourth-order valence-corrected chi connectivity index (χ4v) is 5.00. The Morgan fingerprint density at radius 2 is 1.76 bits per heavy atom. The molecule has 1 N–H and O–H groups in total. The number of carbonyl (C=O) groups is 1. The molecule has 0 heterocycles. The van der Waals surface area contributed by atoms with Crippen LogP contribution >= 0.6 is 61.1 Å². The van der Waals surface area contributed by atoms with Crippen molar-refractivity contribution in [2.24, 2.45) is 0 Å². The number of amides is 1. The summed E-state index contributed by atoms with van der Waals surface area (Å²) < 4.78 is 13.9. The van der Waals surface area contributed by atoms with E-state index >= 15 is 0 Å². The van der Waals surface area contributed by atoms with Crippen molar-refractivity contribution >= 4 is 73.1 Å². The highest BCUT2D eigenvalue weighted by Gasteiger charge is 2.12. The van der Waals surface area contributed by atoms with E-state index < -0.39 is 5.91 Å². The van der Waals surface area contributed by atoms with Crippen LogP contribution in [0, 0.1) is 18.5 Å². The van der Waals surface area contributed by atoms with Crippen molar-refractivity contribution in [1.82, 2.24) is 5.32 Å². The third-order valence-electron chi connectivity index (χ3n) is 4.61. The van der Waals surface area contributed by atoms with Gasteiger partial charge in [0.2, 0.25) is 0 Å². The van der Waals surface area contributed by atoms with Crippen LogP contribution in [0.3, 0.4) is 0 Å². The predicted octanol–water partition coefficient (Wildman–Crippen LogP) is 6.47. The standard InChI is InChI=1S/C25H19BrI2N2O3/c1-32-21-8-4-16(5-9-21)14-30-25(31)19(13-29)10-18-11-22(26)24(23(28)12-18)33-15-17-2-6-20(27)7-3-17/h2-12H,14-15H2,1H3,(H,30,31)/b19-10-. The molecule has 0 saturated carbocycles. The molecule has 0 bridgehead atoms. The SMILES string of the molecule is COc1ccc(CNC(=O)/C(C#N)=C\c2cc(Br)c(OCc3ccc(I)cc3)c(I)c2)cc1. The molecule has 33 heavy (non-hydrogen) atoms. The molecule has 0 saturated heterocycles. The van der Waals surface area contributed by atoms with Gasteiger partial charge in [-0.1, -0.05) is 24.3 Å². The molecular weight excluding hydrogens is 710 g/mol. The number of rotatable bonds is 8. The Bertz CT molecular complexity index is 1180. The molecule has 8 heteroatoms. The van der Waals surface area contributed by atoms with Crippen LogP contribution in [0.25, 0.3) is 6.08 Å². The summed E-state index contributed by atoms with van der Waals surface area (Å²) >= 11 is 8.01. The molecule has 0 fully saturated rings. The summed E-state index contributed by atoms with van der Waals surface area (Å²) in [6, 6.07) is 21.2. The van der Waals surface area contributed by atoms with Gasteiger partial charge in [-0.25, -0.2) is 0 Å². The molecule has 0 radical (unpaired) electrons. The van der Waals surface area contributed by atoms with Crippen LogP contribution in [-0.2, 0) is 17.9 Å². The van der Waals surface area contributed by atoms with Crippen LogP contribution in [-0.4, -0.2) is 13.0 Å². The first-order valence-electron chi connectivity index (χ1n) is 9.79. The minimum atomic E-state index is -0.432. The van der Waals surface area contributed by atoms with E-state index in [1.807, 2.05) is 66.7 Å². The Morgan fingerprint density at radius 1 is 1.09 bits per heavy atom. The van der Waals surface area contributed by atoms with Gasteiger partial charge in [0.25, 0.3) is 5.91 Å². The van der Waals surface area contributed by atoms with Crippen molar-refractivity contribution in [3.05, 3.63) is 94.5 Å². The Hall–Kier alpha value is -2.10. The minimum absolute atomic E-state index is 0.0266. The Balaban J connectivity index is 1.68. The molecule has 0 aliphatic rings. The highest BCUT2D eigenvalue weighted by atomic mass is 127. The number of ether oxygens (including phenoxy) is 2. The number of hydrogen-bond donors (Lipinski definition) is 1. The van der Waals surface area contributed by atoms with E-state index in [1.54, 1.807) is 13.2 Å². The Morgan fingerprint density at radius 3 is 2.36 bits per heavy atom. The summed E-state index contributed by atoms with van der Waals surface area (Å²) in [5.74, 6) is 1.03. The Kier molecular flexibility index (Phi) is 9.58. The number of nitriles is 1. The van der Waals surface area contributed by atoms with Crippen LogP contribution < -0.4 is 14.8 Å². The number of nitrogens with zero attached hydrogens (tertiary/aromatic N) is 1. The number of benzene rings is 3. The van der Waals surface area contributed by atoms with E-state index in [1.165, 1.54) is 3.57 Å². The van der Waals surface area contributed by atoms with Gasteiger partial charge in [0.15, 0.2) is 0 Å². The molecule has 0 aliphatic heterocycles. The minimum Gasteiger partial charge on any atom is -0.497 e. The van der Waals surface area contributed by atoms with Gasteiger partial charge >= 0.3 is 0 Å². The fourth-order valence-electron chi connectivity index (χ4n) is 2.87. The first-order valence-corrected chi connectivity index (χ1v) is 12.7. The van der Waals surface area contributed by atoms with Crippen molar-refractivity contribution in [2.45, 2.75) is 13.2 Å². The number of hydrogen-bond acceptors (Lipinski definition) is 4. The zero-order valence-corrected chi connectivity index (χ0v) is 23.5. The van der Waals surface area contributed by atoms with Gasteiger partial charge in [-0.15, -0.1) is 0 Å². The second-order valence-electron chi connectivity index (χ2n) is 6.93. The molecule has 0 spiro atoms. The lowest BCUT2D eigenvalue weighted by atomic mass is 10.1. The van der Waals surface area contributed by atoms with Crippen molar-refractivity contribution in [1.29, 1.82) is 5.26 Å². The van der Waals surface area contributed by atoms with E-state index in [4.69, 9.17) is 9.47 Å². The first kappa shape index (κ1) is 25.5. The topological polar surface area (TPSA) is 71.3 Å². The molecule has 0 atom stereocenters. The maximum atomic E-state index is 12.5. The summed E-state index contributed by atoms with van der Waals surface area (Å²) in [5, 5.41) is 12.3. The van der Waals surface area contributed by atoms with Crippen LogP contribution in [0.15, 0.2) is 70.7 Å². The zero-order chi connectivity index (χ0) is 23.8. The maximum absolute atomic E-state index is 12.5. The second-order valence-corrected chi connectivity index (χ2v) is 10.2. The normalized spacial score (nSPS) is 10.9. The van der Waals surface area contributed by atoms with E-state index in [9.17, 15) is 10.1 Å². The maximum Gasteiger partial charge on any atom is 0.262 e. The van der Waals surface area contributed by atoms with Gasteiger partial charge in [-0.3, -0.25) is 4.79 Å². The monoisotopic (exact) mass is 728 g/mol. The average Bonchev–Trinajstić information content (AvgIpc) is 2.82. The summed E-state index contributed by atoms with van der Waals surface area (Å²) in [5.41, 5.74) is 2.73. The molecule has 0 unspecified atom stereocenters. The lowest BCUT2D eigenvalue weighted by Gasteiger charge is -2.12. The van der Waals surface area contributed by atoms with Crippen molar-refractivity contribution in [3.8, 4) is 17.6 Å². The highest BCUT2D eigenvalue weighted by Crippen LogP contribution is 2.33. The van der Waals surface area contributed by atoms with E-state index in [-0.39, 0.29) is 5.57 Å². The van der Waals surface area contributed by atoms with E-state index in [0.29, 0.717) is 18.9 Å². The molecule has 0 aliphatic carbocycles. The number of methoxy groups -OCH3 is 1. The molecule has 0 aromatic heterocycles. The van der Waals surface area contributed by atoms with Crippen LogP contribution in [0.5, 0.6) is 11.5 Å². The van der Waals surface area contributed by atoms with Gasteiger partial charge in [-0.2, -0.15) is 5.26 Å². The molecular formula is C25H19BrI2N2O3. The summed E-state index contributed by atoms with van der Waals surface area (Å²) in [7, 11) is 1.60. The zero-order valence-electron chi connectivity index (χ0n) is 17.6. The lowest BCUT2D eigenvalue weighted by molar-refractivity contribution is -0.117. The third kappa shape index (κ3) is 7.45. The molecule has 168 valence electrons. The Labute approximate surface area is 228 Å². The number of nitrogens with one attached hydrogen (secondary N) is 1. The molecule has 3 aromatic carbocycles. The molecule has 1 amide bonds.